The Kier molecular flexibility index (Phi) is 6.85. The van der Waals surface area contributed by atoms with Crippen LogP contribution in [0.5, 0.6) is 0 Å². The Labute approximate surface area is 141 Å². The molecule has 6 nitrogen and oxygen atoms in total. The third-order valence-corrected chi connectivity index (χ3v) is 5.22. The Morgan fingerprint density at radius 2 is 2.17 bits per heavy atom. The van der Waals surface area contributed by atoms with Gasteiger partial charge in [-0.15, -0.1) is 11.3 Å². The number of hydrogen-bond donors (Lipinski definition) is 3. The van der Waals surface area contributed by atoms with Crippen molar-refractivity contribution in [3.8, 4) is 0 Å². The van der Waals surface area contributed by atoms with Crippen LogP contribution in [-0.4, -0.2) is 43.0 Å². The van der Waals surface area contributed by atoms with Crippen molar-refractivity contribution in [2.45, 2.75) is 32.2 Å². The van der Waals surface area contributed by atoms with E-state index >= 15 is 0 Å². The van der Waals surface area contributed by atoms with Crippen molar-refractivity contribution in [2.75, 3.05) is 26.2 Å². The standard InChI is InChI=1S/C16H26N4O2S/c1-2-18-11-12-5-7-20(8-6-12)15(21)10-13(19-16(17)22)14-4-3-9-23-14/h3-4,9,12-13,18H,2,5-8,10-11H2,1H3,(H3,17,19,22). The van der Waals surface area contributed by atoms with Crippen molar-refractivity contribution in [1.82, 2.24) is 15.5 Å². The van der Waals surface area contributed by atoms with Gasteiger partial charge in [-0.25, -0.2) is 4.79 Å². The maximum atomic E-state index is 12.5. The number of urea groups is 1. The van der Waals surface area contributed by atoms with E-state index < -0.39 is 6.03 Å². The lowest BCUT2D eigenvalue weighted by Crippen LogP contribution is -2.43. The molecule has 1 aliphatic rings. The number of amides is 3. The summed E-state index contributed by atoms with van der Waals surface area (Å²) in [6, 6.07) is 2.90. The fraction of sp³-hybridized carbons (Fsp3) is 0.625. The lowest BCUT2D eigenvalue weighted by molar-refractivity contribution is -0.133. The third kappa shape index (κ3) is 5.51. The maximum Gasteiger partial charge on any atom is 0.312 e. The maximum absolute atomic E-state index is 12.5. The van der Waals surface area contributed by atoms with Crippen LogP contribution in [0.3, 0.4) is 0 Å². The average molecular weight is 338 g/mol. The molecule has 4 N–H and O–H groups in total. The first-order valence-electron chi connectivity index (χ1n) is 8.18. The van der Waals surface area contributed by atoms with Gasteiger partial charge in [-0.1, -0.05) is 13.0 Å². The number of rotatable bonds is 7. The van der Waals surface area contributed by atoms with Crippen LogP contribution in [0.4, 0.5) is 4.79 Å². The first-order chi connectivity index (χ1) is 11.1. The number of hydrogen-bond acceptors (Lipinski definition) is 4. The van der Waals surface area contributed by atoms with Crippen LogP contribution in [-0.2, 0) is 4.79 Å². The van der Waals surface area contributed by atoms with E-state index in [1.165, 1.54) is 11.3 Å². The molecule has 23 heavy (non-hydrogen) atoms. The summed E-state index contributed by atoms with van der Waals surface area (Å²) >= 11 is 1.52. The molecule has 1 fully saturated rings. The summed E-state index contributed by atoms with van der Waals surface area (Å²) in [5.74, 6) is 0.731. The van der Waals surface area contributed by atoms with Crippen LogP contribution in [0, 0.1) is 5.92 Å². The van der Waals surface area contributed by atoms with Gasteiger partial charge in [-0.2, -0.15) is 0 Å². The van der Waals surface area contributed by atoms with E-state index in [0.717, 1.165) is 43.9 Å². The van der Waals surface area contributed by atoms with Gasteiger partial charge >= 0.3 is 6.03 Å². The Morgan fingerprint density at radius 1 is 1.43 bits per heavy atom. The zero-order chi connectivity index (χ0) is 16.7. The Bertz CT molecular complexity index is 498. The van der Waals surface area contributed by atoms with Gasteiger partial charge in [0, 0.05) is 18.0 Å². The molecule has 3 amide bonds. The molecule has 128 valence electrons. The third-order valence-electron chi connectivity index (χ3n) is 4.23. The molecule has 1 aliphatic heterocycles. The molecule has 1 unspecified atom stereocenters. The monoisotopic (exact) mass is 338 g/mol. The Balaban J connectivity index is 1.86. The van der Waals surface area contributed by atoms with E-state index in [9.17, 15) is 9.59 Å². The summed E-state index contributed by atoms with van der Waals surface area (Å²) in [5.41, 5.74) is 5.24. The number of nitrogens with two attached hydrogens (primary N) is 1. The lowest BCUT2D eigenvalue weighted by atomic mass is 9.96. The summed E-state index contributed by atoms with van der Waals surface area (Å²) in [5, 5.41) is 7.98. The van der Waals surface area contributed by atoms with Gasteiger partial charge in [0.2, 0.25) is 5.91 Å². The molecular weight excluding hydrogens is 312 g/mol. The van der Waals surface area contributed by atoms with Crippen LogP contribution in [0.1, 0.15) is 37.1 Å². The highest BCUT2D eigenvalue weighted by atomic mass is 32.1. The van der Waals surface area contributed by atoms with Crippen molar-refractivity contribution >= 4 is 23.3 Å². The van der Waals surface area contributed by atoms with E-state index in [1.54, 1.807) is 0 Å². The number of thiophene rings is 1. The van der Waals surface area contributed by atoms with Crippen LogP contribution in [0.25, 0.3) is 0 Å². The Morgan fingerprint density at radius 3 is 2.74 bits per heavy atom. The molecule has 2 rings (SSSR count). The van der Waals surface area contributed by atoms with Crippen molar-refractivity contribution < 1.29 is 9.59 Å². The first-order valence-corrected chi connectivity index (χ1v) is 9.06. The normalized spacial score (nSPS) is 17.0. The van der Waals surface area contributed by atoms with E-state index in [2.05, 4.69) is 17.6 Å². The summed E-state index contributed by atoms with van der Waals surface area (Å²) in [6.45, 7) is 5.71. The molecule has 0 aliphatic carbocycles. The number of nitrogens with one attached hydrogen (secondary N) is 2. The predicted octanol–water partition coefficient (Wildman–Crippen LogP) is 1.70. The summed E-state index contributed by atoms with van der Waals surface area (Å²) in [7, 11) is 0. The zero-order valence-corrected chi connectivity index (χ0v) is 14.4. The van der Waals surface area contributed by atoms with Crippen molar-refractivity contribution in [1.29, 1.82) is 0 Å². The summed E-state index contributed by atoms with van der Waals surface area (Å²) in [4.78, 5) is 26.6. The van der Waals surface area contributed by atoms with Crippen molar-refractivity contribution in [3.63, 3.8) is 0 Å². The highest BCUT2D eigenvalue weighted by molar-refractivity contribution is 7.10. The molecule has 0 radical (unpaired) electrons. The molecule has 1 atom stereocenters. The van der Waals surface area contributed by atoms with Gasteiger partial charge in [0.1, 0.15) is 0 Å². The number of primary amides is 1. The first kappa shape index (κ1) is 17.7. The second kappa shape index (κ2) is 8.88. The largest absolute Gasteiger partial charge is 0.352 e. The second-order valence-electron chi connectivity index (χ2n) is 5.91. The smallest absolute Gasteiger partial charge is 0.312 e. The van der Waals surface area contributed by atoms with E-state index in [1.807, 2.05) is 22.4 Å². The predicted molar refractivity (Wildman–Crippen MR) is 92.2 cm³/mol. The minimum absolute atomic E-state index is 0.0825. The number of nitrogens with zero attached hydrogens (tertiary/aromatic N) is 1. The molecule has 0 saturated carbocycles. The van der Waals surface area contributed by atoms with Crippen molar-refractivity contribution in [3.05, 3.63) is 22.4 Å². The molecule has 0 spiro atoms. The van der Waals surface area contributed by atoms with Crippen LogP contribution in [0.15, 0.2) is 17.5 Å². The SMILES string of the molecule is CCNCC1CCN(C(=O)CC(NC(N)=O)c2cccs2)CC1. The van der Waals surface area contributed by atoms with E-state index in [4.69, 9.17) is 5.73 Å². The average Bonchev–Trinajstić information content (AvgIpc) is 3.06. The highest BCUT2D eigenvalue weighted by Crippen LogP contribution is 2.24. The van der Waals surface area contributed by atoms with Gasteiger partial charge in [-0.05, 0) is 43.3 Å². The van der Waals surface area contributed by atoms with Gasteiger partial charge in [0.25, 0.3) is 0 Å². The van der Waals surface area contributed by atoms with Gasteiger partial charge in [-0.3, -0.25) is 4.79 Å². The lowest BCUT2D eigenvalue weighted by Gasteiger charge is -2.33. The highest BCUT2D eigenvalue weighted by Gasteiger charge is 2.26. The molecule has 0 aromatic carbocycles. The van der Waals surface area contributed by atoms with Crippen LogP contribution >= 0.6 is 11.3 Å². The molecular formula is C16H26N4O2S. The Hall–Kier alpha value is -1.60. The quantitative estimate of drug-likeness (QED) is 0.707. The minimum atomic E-state index is -0.597. The molecule has 1 aromatic rings. The number of carbonyl (C=O) groups is 2. The number of likely N-dealkylation sites (tertiary alicyclic amines) is 1. The molecule has 0 bridgehead atoms. The number of carbonyl (C=O) groups excluding carboxylic acids is 2. The van der Waals surface area contributed by atoms with Crippen molar-refractivity contribution in [2.24, 2.45) is 11.7 Å². The molecule has 1 saturated heterocycles. The van der Waals surface area contributed by atoms with E-state index in [0.29, 0.717) is 5.92 Å². The molecule has 7 heteroatoms. The molecule has 2 heterocycles. The molecule has 1 aromatic heterocycles. The summed E-state index contributed by atoms with van der Waals surface area (Å²) in [6.07, 6.45) is 2.33. The second-order valence-corrected chi connectivity index (χ2v) is 6.89. The zero-order valence-electron chi connectivity index (χ0n) is 13.6. The van der Waals surface area contributed by atoms with Crippen LogP contribution in [0.2, 0.25) is 0 Å². The number of piperidine rings is 1. The summed E-state index contributed by atoms with van der Waals surface area (Å²) < 4.78 is 0. The van der Waals surface area contributed by atoms with Gasteiger partial charge < -0.3 is 21.3 Å². The van der Waals surface area contributed by atoms with E-state index in [-0.39, 0.29) is 18.4 Å². The topological polar surface area (TPSA) is 87.5 Å². The van der Waals surface area contributed by atoms with Crippen LogP contribution < -0.4 is 16.4 Å². The van der Waals surface area contributed by atoms with Gasteiger partial charge in [0.05, 0.1) is 12.5 Å². The fourth-order valence-electron chi connectivity index (χ4n) is 2.92. The minimum Gasteiger partial charge on any atom is -0.352 e. The fourth-order valence-corrected chi connectivity index (χ4v) is 3.70. The van der Waals surface area contributed by atoms with Gasteiger partial charge in [0.15, 0.2) is 0 Å².